The summed E-state index contributed by atoms with van der Waals surface area (Å²) in [5, 5.41) is 2.66. The number of anilines is 1. The van der Waals surface area contributed by atoms with E-state index in [9.17, 15) is 0 Å². The van der Waals surface area contributed by atoms with Crippen molar-refractivity contribution in [1.82, 2.24) is 4.90 Å². The van der Waals surface area contributed by atoms with E-state index in [1.165, 1.54) is 76.7 Å². The smallest absolute Gasteiger partial charge is 0.213 e. The van der Waals surface area contributed by atoms with E-state index in [2.05, 4.69) is 95.9 Å². The molecule has 1 saturated heterocycles. The van der Waals surface area contributed by atoms with E-state index in [1.54, 1.807) is 0 Å². The van der Waals surface area contributed by atoms with Crippen molar-refractivity contribution < 1.29 is 28.5 Å². The molecule has 0 radical (unpaired) electrons. The van der Waals surface area contributed by atoms with Gasteiger partial charge in [0.1, 0.15) is 7.05 Å². The van der Waals surface area contributed by atoms with Crippen molar-refractivity contribution in [2.45, 2.75) is 38.0 Å². The maximum absolute atomic E-state index is 2.66. The van der Waals surface area contributed by atoms with Crippen LogP contribution in [0.5, 0.6) is 0 Å². The number of piperidine rings is 1. The third kappa shape index (κ3) is 5.25. The highest BCUT2D eigenvalue weighted by molar-refractivity contribution is 8.03. The van der Waals surface area contributed by atoms with Crippen LogP contribution in [0, 0.1) is 12.8 Å². The molecule has 2 aromatic carbocycles. The van der Waals surface area contributed by atoms with Gasteiger partial charge in [0, 0.05) is 30.5 Å². The minimum Gasteiger partial charge on any atom is -1.00 e. The molecule has 0 amide bonds. The molecule has 0 aliphatic carbocycles. The molecule has 174 valence electrons. The molecule has 0 spiro atoms. The van der Waals surface area contributed by atoms with E-state index < -0.39 is 0 Å². The lowest BCUT2D eigenvalue weighted by molar-refractivity contribution is -0.651. The van der Waals surface area contributed by atoms with Gasteiger partial charge in [-0.25, -0.2) is 0 Å². The Bertz CT molecular complexity index is 1150. The Labute approximate surface area is 219 Å². The van der Waals surface area contributed by atoms with Crippen molar-refractivity contribution in [3.8, 4) is 0 Å². The van der Waals surface area contributed by atoms with Crippen LogP contribution in [-0.2, 0) is 7.05 Å². The lowest BCUT2D eigenvalue weighted by Gasteiger charge is -2.31. The molecule has 3 heterocycles. The Hall–Kier alpha value is -1.57. The van der Waals surface area contributed by atoms with Gasteiger partial charge in [0.15, 0.2) is 5.69 Å². The number of para-hydroxylation sites is 2. The normalized spacial score (nSPS) is 18.0. The molecule has 0 saturated carbocycles. The molecule has 5 rings (SSSR count). The van der Waals surface area contributed by atoms with Gasteiger partial charge >= 0.3 is 0 Å². The van der Waals surface area contributed by atoms with Crippen molar-refractivity contribution >= 4 is 34.4 Å². The predicted molar refractivity (Wildman–Crippen MR) is 137 cm³/mol. The molecule has 1 fully saturated rings. The zero-order chi connectivity index (χ0) is 22.1. The van der Waals surface area contributed by atoms with Crippen LogP contribution in [-0.4, -0.2) is 31.1 Å². The fraction of sp³-hybridized carbons (Fsp3) is 0.393. The number of likely N-dealkylation sites (tertiary alicyclic amines) is 1. The number of halogens is 1. The molecule has 3 aromatic rings. The highest BCUT2D eigenvalue weighted by atomic mass is 127. The van der Waals surface area contributed by atoms with Crippen LogP contribution in [0.2, 0.25) is 0 Å². The molecule has 0 atom stereocenters. The van der Waals surface area contributed by atoms with Crippen molar-refractivity contribution in [3.05, 3.63) is 70.9 Å². The van der Waals surface area contributed by atoms with Crippen LogP contribution < -0.4 is 33.4 Å². The molecule has 3 nitrogen and oxygen atoms in total. The molecule has 0 bridgehead atoms. The van der Waals surface area contributed by atoms with Gasteiger partial charge in [0.25, 0.3) is 0 Å². The molecule has 0 N–H and O–H groups in total. The predicted octanol–water partition coefficient (Wildman–Crippen LogP) is 3.01. The minimum atomic E-state index is 0. The minimum absolute atomic E-state index is 0. The van der Waals surface area contributed by atoms with Gasteiger partial charge in [-0.05, 0) is 74.7 Å². The van der Waals surface area contributed by atoms with E-state index >= 15 is 0 Å². The molecule has 2 aliphatic heterocycles. The van der Waals surface area contributed by atoms with E-state index in [4.69, 9.17) is 0 Å². The molecule has 0 unspecified atom stereocenters. The van der Waals surface area contributed by atoms with Crippen LogP contribution in [0.25, 0.3) is 17.0 Å². The second-order valence-corrected chi connectivity index (χ2v) is 10.5. The Morgan fingerprint density at radius 2 is 1.76 bits per heavy atom. The number of aryl methyl sites for hydroxylation is 2. The van der Waals surface area contributed by atoms with Gasteiger partial charge in [-0.2, -0.15) is 4.57 Å². The Kier molecular flexibility index (Phi) is 8.03. The maximum Gasteiger partial charge on any atom is 0.213 e. The topological polar surface area (TPSA) is 10.4 Å². The lowest BCUT2D eigenvalue weighted by atomic mass is 9.99. The zero-order valence-corrected chi connectivity index (χ0v) is 22.9. The molecule has 2 aliphatic rings. The number of benzene rings is 2. The monoisotopic (exact) mass is 571 g/mol. The largest absolute Gasteiger partial charge is 1.00 e. The van der Waals surface area contributed by atoms with Crippen LogP contribution in [0.3, 0.4) is 0 Å². The molecular formula is C28H34IN3S. The highest BCUT2D eigenvalue weighted by Gasteiger charge is 2.25. The SMILES string of the molecule is Cc1cc(/C=C2\Sc3ccccc3N2CCCN2CCC(C)CC2)c2ccccc2[n+]1C.[I-]. The molecule has 5 heteroatoms. The first-order valence-corrected chi connectivity index (χ1v) is 12.8. The van der Waals surface area contributed by atoms with Crippen molar-refractivity contribution in [2.24, 2.45) is 13.0 Å². The summed E-state index contributed by atoms with van der Waals surface area (Å²) in [5.74, 6) is 0.897. The van der Waals surface area contributed by atoms with Gasteiger partial charge in [-0.15, -0.1) is 0 Å². The number of hydrogen-bond acceptors (Lipinski definition) is 3. The summed E-state index contributed by atoms with van der Waals surface area (Å²) in [6, 6.07) is 19.9. The zero-order valence-electron chi connectivity index (χ0n) is 19.9. The van der Waals surface area contributed by atoms with E-state index in [-0.39, 0.29) is 24.0 Å². The Morgan fingerprint density at radius 3 is 2.58 bits per heavy atom. The number of nitrogens with zero attached hydrogens (tertiary/aromatic N) is 3. The number of aromatic nitrogens is 1. The average molecular weight is 572 g/mol. The summed E-state index contributed by atoms with van der Waals surface area (Å²) in [6.45, 7) is 9.39. The van der Waals surface area contributed by atoms with Gasteiger partial charge in [-0.3, -0.25) is 0 Å². The van der Waals surface area contributed by atoms with E-state index in [0.717, 1.165) is 12.5 Å². The van der Waals surface area contributed by atoms with Crippen molar-refractivity contribution in [2.75, 3.05) is 31.1 Å². The first-order valence-electron chi connectivity index (χ1n) is 12.0. The number of pyridine rings is 1. The van der Waals surface area contributed by atoms with Crippen LogP contribution >= 0.6 is 11.8 Å². The number of rotatable bonds is 5. The molecule has 1 aromatic heterocycles. The second-order valence-electron chi connectivity index (χ2n) is 9.40. The number of fused-ring (bicyclic) bond motifs is 2. The highest BCUT2D eigenvalue weighted by Crippen LogP contribution is 2.46. The summed E-state index contributed by atoms with van der Waals surface area (Å²) in [7, 11) is 2.16. The van der Waals surface area contributed by atoms with E-state index in [1.807, 2.05) is 11.8 Å². The molecular weight excluding hydrogens is 537 g/mol. The van der Waals surface area contributed by atoms with Crippen LogP contribution in [0.1, 0.15) is 37.4 Å². The third-order valence-corrected chi connectivity index (χ3v) is 8.23. The first kappa shape index (κ1) is 24.6. The third-order valence-electron chi connectivity index (χ3n) is 7.12. The lowest BCUT2D eigenvalue weighted by Crippen LogP contribution is -3.00. The average Bonchev–Trinajstić information content (AvgIpc) is 3.16. The van der Waals surface area contributed by atoms with Gasteiger partial charge in [0.05, 0.1) is 16.1 Å². The maximum atomic E-state index is 2.66. The standard InChI is InChI=1S/C28H34N3S.HI/c1-21-13-17-30(18-14-21)15-8-16-31-26-11-6-7-12-27(26)32-28(31)20-23-19-22(2)29(3)25-10-5-4-9-24(23)25;/h4-7,9-12,19-21H,8,13-18H2,1-3H3;1H/q+1;/p-1. The quantitative estimate of drug-likeness (QED) is 0.345. The summed E-state index contributed by atoms with van der Waals surface area (Å²) in [5.41, 5.74) is 5.23. The number of hydrogen-bond donors (Lipinski definition) is 0. The van der Waals surface area contributed by atoms with Gasteiger partial charge < -0.3 is 33.8 Å². The second kappa shape index (κ2) is 10.8. The molecule has 33 heavy (non-hydrogen) atoms. The van der Waals surface area contributed by atoms with Crippen LogP contribution in [0.15, 0.2) is 64.5 Å². The summed E-state index contributed by atoms with van der Waals surface area (Å²) in [4.78, 5) is 6.57. The van der Waals surface area contributed by atoms with Gasteiger partial charge in [0.2, 0.25) is 5.52 Å². The Balaban J connectivity index is 0.00000259. The van der Waals surface area contributed by atoms with Crippen molar-refractivity contribution in [1.29, 1.82) is 0 Å². The van der Waals surface area contributed by atoms with Crippen LogP contribution in [0.4, 0.5) is 5.69 Å². The summed E-state index contributed by atoms with van der Waals surface area (Å²) < 4.78 is 2.28. The fourth-order valence-corrected chi connectivity index (χ4v) is 6.12. The van der Waals surface area contributed by atoms with Crippen molar-refractivity contribution in [3.63, 3.8) is 0 Å². The first-order chi connectivity index (χ1) is 15.6. The Morgan fingerprint density at radius 1 is 1.03 bits per heavy atom. The van der Waals surface area contributed by atoms with Gasteiger partial charge in [-0.1, -0.05) is 43.0 Å². The number of thioether (sulfide) groups is 1. The summed E-state index contributed by atoms with van der Waals surface area (Å²) >= 11 is 1.91. The summed E-state index contributed by atoms with van der Waals surface area (Å²) in [6.07, 6.45) is 6.31. The van der Waals surface area contributed by atoms with E-state index in [0.29, 0.717) is 0 Å². The fourth-order valence-electron chi connectivity index (χ4n) is 4.98.